The summed E-state index contributed by atoms with van der Waals surface area (Å²) in [5, 5.41) is 33.8. The van der Waals surface area contributed by atoms with Crippen LogP contribution in [-0.4, -0.2) is 66.2 Å². The fraction of sp³-hybridized carbons (Fsp3) is 0.311. The van der Waals surface area contributed by atoms with Gasteiger partial charge in [-0.3, -0.25) is 0 Å². The zero-order chi connectivity index (χ0) is 55.0. The van der Waals surface area contributed by atoms with E-state index in [4.69, 9.17) is 46.4 Å². The van der Waals surface area contributed by atoms with Crippen molar-refractivity contribution in [2.24, 2.45) is 0 Å². The molecule has 0 spiro atoms. The first kappa shape index (κ1) is 39.8. The zero-order valence-electron chi connectivity index (χ0n) is 45.3. The van der Waals surface area contributed by atoms with Gasteiger partial charge in [-0.2, -0.15) is 25.6 Å². The second kappa shape index (κ2) is 23.2. The van der Waals surface area contributed by atoms with Crippen molar-refractivity contribution in [2.45, 2.75) is 78.4 Å². The number of aromatic nitrogens is 6. The number of unbranched alkanes of at least 4 members (excludes halogenated alkanes) is 2. The minimum atomic E-state index is -0.520. The second-order valence-electron chi connectivity index (χ2n) is 15.1. The van der Waals surface area contributed by atoms with Crippen LogP contribution in [0.1, 0.15) is 107 Å². The molecular weight excluding hydrogens is 808 g/mol. The first-order chi connectivity index (χ1) is 34.6. The third kappa shape index (κ3) is 17.3. The number of nitrogens with one attached hydrogen (secondary N) is 4. The van der Waals surface area contributed by atoms with Gasteiger partial charge in [0.05, 0.1) is 40.6 Å². The molecule has 16 nitrogen and oxygen atoms in total. The highest BCUT2D eigenvalue weighted by atomic mass is 35.5. The second-order valence-corrected chi connectivity index (χ2v) is 15.4. The van der Waals surface area contributed by atoms with Crippen LogP contribution in [0.25, 0.3) is 5.82 Å². The predicted molar refractivity (Wildman–Crippen MR) is 251 cm³/mol. The number of carbonyl (C=O) groups excluding carboxylic acids is 2. The summed E-state index contributed by atoms with van der Waals surface area (Å²) in [7, 11) is 0. The van der Waals surface area contributed by atoms with Crippen LogP contribution < -0.4 is 21.3 Å². The minimum absolute atomic E-state index is 0. The summed E-state index contributed by atoms with van der Waals surface area (Å²) in [4.78, 5) is 40.5. The molecule has 62 heavy (non-hydrogen) atoms. The summed E-state index contributed by atoms with van der Waals surface area (Å²) >= 11 is 6.18. The summed E-state index contributed by atoms with van der Waals surface area (Å²) in [5.74, 6) is 13.4. The van der Waals surface area contributed by atoms with Gasteiger partial charge in [-0.15, -0.1) is 0 Å². The molecule has 0 aliphatic heterocycles. The van der Waals surface area contributed by atoms with Crippen LogP contribution in [0.2, 0.25) is 5.15 Å². The monoisotopic (exact) mass is 893 g/mol. The van der Waals surface area contributed by atoms with E-state index >= 15 is 0 Å². The lowest BCUT2D eigenvalue weighted by atomic mass is 10.2. The first-order valence-corrected chi connectivity index (χ1v) is 19.8. The van der Waals surface area contributed by atoms with Crippen molar-refractivity contribution < 1.29 is 36.8 Å². The normalized spacial score (nSPS) is 11.0. The molecule has 332 valence electrons. The fourth-order valence-electron chi connectivity index (χ4n) is 4.79. The summed E-state index contributed by atoms with van der Waals surface area (Å²) in [5.41, 5.74) is 2.77. The molecule has 4 N–H and O–H groups in total. The third-order valence-corrected chi connectivity index (χ3v) is 7.80. The first-order valence-electron chi connectivity index (χ1n) is 24.5. The van der Waals surface area contributed by atoms with Crippen LogP contribution in [0, 0.1) is 46.3 Å². The standard InChI is InChI=1S/C24H25N7O2.C21H22ClN5O2.7H2/c1-24(2,3)33-23(32)26-13-6-4-5-8-19-17-27-22(30-21(19)31-15-7-14-28-31)29-20-11-9-18(16-25)10-12-20;1-21(2,3)29-20(28)24-12-6-4-5-7-16-14-25-19(27-18(16)22)26-17-10-8-15(13-23)9-11-17;;;;;;;/h7,9-12,14-15,17H,4,6,13H2,1-3H3,(H,26,32)(H,27,29,30);8-11,14H,4,6,12H2,1-3H3,(H,24,28)(H,25,26,27);7*1H/i;;5*1+2T;2*1+2. The van der Waals surface area contributed by atoms with Gasteiger partial charge in [-0.25, -0.2) is 24.2 Å². The van der Waals surface area contributed by atoms with E-state index in [0.717, 1.165) is 11.4 Å². The Morgan fingerprint density at radius 1 is 0.742 bits per heavy atom. The molecule has 0 saturated heterocycles. The quantitative estimate of drug-likeness (QED) is 0.0552. The molecule has 0 aliphatic rings. The zero-order valence-corrected chi connectivity index (χ0v) is 36.1. The van der Waals surface area contributed by atoms with Gasteiger partial charge in [-0.05, 0) is 109 Å². The lowest BCUT2D eigenvalue weighted by Gasteiger charge is -2.19. The number of hydrogen-bond donors (Lipinski definition) is 4. The number of nitriles is 2. The average Bonchev–Trinajstić information content (AvgIpc) is 3.93. The number of benzene rings is 2. The average molecular weight is 894 g/mol. The number of halogens is 1. The third-order valence-electron chi connectivity index (χ3n) is 7.51. The van der Waals surface area contributed by atoms with Gasteiger partial charge in [0, 0.05) is 73.6 Å². The molecular formula is C45H61ClN12O4. The van der Waals surface area contributed by atoms with E-state index < -0.39 is 23.4 Å². The Hall–Kier alpha value is -7.66. The predicted octanol–water partition coefficient (Wildman–Crippen LogP) is 10.1. The number of rotatable bonds is 11. The molecule has 0 fully saturated rings. The van der Waals surface area contributed by atoms with Crippen molar-refractivity contribution in [1.82, 2.24) is 40.3 Å². The maximum absolute atomic E-state index is 11.7. The van der Waals surface area contributed by atoms with E-state index in [2.05, 4.69) is 82.1 Å². The molecule has 0 radical (unpaired) electrons. The maximum atomic E-state index is 11.7. The van der Waals surface area contributed by atoms with Crippen molar-refractivity contribution in [3.63, 3.8) is 0 Å². The van der Waals surface area contributed by atoms with Crippen molar-refractivity contribution >= 4 is 47.1 Å². The number of ether oxygens (including phenoxy) is 2. The molecule has 3 aromatic heterocycles. The summed E-state index contributed by atoms with van der Waals surface area (Å²) in [6.45, 7) is 11.9. The van der Waals surface area contributed by atoms with Crippen LogP contribution in [0.5, 0.6) is 0 Å². The van der Waals surface area contributed by atoms with Gasteiger partial charge in [0.15, 0.2) is 5.82 Å². The van der Waals surface area contributed by atoms with E-state index in [0.29, 0.717) is 78.7 Å². The number of amides is 2. The lowest BCUT2D eigenvalue weighted by Crippen LogP contribution is -2.32. The van der Waals surface area contributed by atoms with Gasteiger partial charge in [0.1, 0.15) is 16.4 Å². The Morgan fingerprint density at radius 2 is 1.21 bits per heavy atom. The van der Waals surface area contributed by atoms with Gasteiger partial charge in [0.2, 0.25) is 11.9 Å². The van der Waals surface area contributed by atoms with Crippen LogP contribution in [0.15, 0.2) is 79.4 Å². The molecule has 0 saturated carbocycles. The Bertz CT molecular complexity index is 2530. The molecule has 0 unspecified atom stereocenters. The Kier molecular flexibility index (Phi) is 14.9. The maximum Gasteiger partial charge on any atom is 0.407 e. The molecule has 0 atom stereocenters. The molecule has 5 rings (SSSR count). The summed E-state index contributed by atoms with van der Waals surface area (Å²) in [6, 6.07) is 19.9. The SMILES string of the molecule is CC(C)(C)OC(=O)NCCCC#Cc1cnc(Nc2ccc(C#N)cc2)nc1-n1cccn1.CC(C)(C)OC(=O)NCCCC#Cc1cnc(Nc2ccc(C#N)cc2)nc1Cl.[3HH].[3HH].[3H][3H].[3H][3H].[3H][3H].[3H][3H].[3H][3H]. The molecule has 0 bridgehead atoms. The highest BCUT2D eigenvalue weighted by molar-refractivity contribution is 6.30. The summed E-state index contributed by atoms with van der Waals surface area (Å²) in [6.07, 6.45) is 8.29. The van der Waals surface area contributed by atoms with Crippen LogP contribution in [-0.2, 0) is 9.47 Å². The van der Waals surface area contributed by atoms with Crippen molar-refractivity contribution in [1.29, 1.82) is 10.5 Å². The number of nitrogens with zero attached hydrogens (tertiary/aromatic N) is 8. The van der Waals surface area contributed by atoms with Crippen molar-refractivity contribution in [3.05, 3.63) is 107 Å². The number of alkyl carbamates (subject to hydrolysis) is 2. The Balaban J connectivity index is -0.000000556. The molecule has 0 aliphatic carbocycles. The highest BCUT2D eigenvalue weighted by Crippen LogP contribution is 2.19. The van der Waals surface area contributed by atoms with E-state index in [1.807, 2.05) is 41.5 Å². The smallest absolute Gasteiger partial charge is 0.407 e. The minimum Gasteiger partial charge on any atom is -0.444 e. The van der Waals surface area contributed by atoms with Gasteiger partial charge >= 0.3 is 12.2 Å². The highest BCUT2D eigenvalue weighted by Gasteiger charge is 2.16. The summed E-state index contributed by atoms with van der Waals surface area (Å²) < 4.78 is 62.0. The number of anilines is 4. The molecule has 2 amide bonds. The van der Waals surface area contributed by atoms with Crippen molar-refractivity contribution in [3.8, 4) is 41.6 Å². The van der Waals surface area contributed by atoms with E-state index in [1.165, 1.54) is 0 Å². The largest absolute Gasteiger partial charge is 0.444 e. The number of carbonyl (C=O) groups is 2. The number of hydrogen-bond acceptors (Lipinski definition) is 13. The molecule has 17 heteroatoms. The van der Waals surface area contributed by atoms with E-state index in [-0.39, 0.29) is 8.01 Å². The van der Waals surface area contributed by atoms with Crippen LogP contribution >= 0.6 is 11.6 Å². The van der Waals surface area contributed by atoms with Gasteiger partial charge < -0.3 is 30.7 Å². The Labute approximate surface area is 384 Å². The van der Waals surface area contributed by atoms with E-state index in [1.54, 1.807) is 84.1 Å². The lowest BCUT2D eigenvalue weighted by molar-refractivity contribution is 0.0516. The van der Waals surface area contributed by atoms with E-state index in [9.17, 15) is 9.59 Å². The van der Waals surface area contributed by atoms with Crippen LogP contribution in [0.4, 0.5) is 32.9 Å². The molecule has 2 aromatic carbocycles. The molecule has 3 heterocycles. The van der Waals surface area contributed by atoms with Crippen LogP contribution in [0.3, 0.4) is 0 Å². The topological polar surface area (TPSA) is 218 Å². The van der Waals surface area contributed by atoms with Crippen molar-refractivity contribution in [2.75, 3.05) is 23.7 Å². The van der Waals surface area contributed by atoms with Gasteiger partial charge in [-0.1, -0.05) is 35.3 Å². The fourth-order valence-corrected chi connectivity index (χ4v) is 4.96. The Morgan fingerprint density at radius 3 is 1.65 bits per heavy atom. The van der Waals surface area contributed by atoms with Gasteiger partial charge in [0.25, 0.3) is 0 Å². The molecule has 5 aromatic rings.